The zero-order valence-corrected chi connectivity index (χ0v) is 13.6. The van der Waals surface area contributed by atoms with Crippen molar-refractivity contribution in [1.82, 2.24) is 15.1 Å². The van der Waals surface area contributed by atoms with Crippen molar-refractivity contribution in [2.45, 2.75) is 58.2 Å². The monoisotopic (exact) mass is 283 g/mol. The van der Waals surface area contributed by atoms with E-state index in [2.05, 4.69) is 35.9 Å². The Labute approximate surface area is 124 Å². The van der Waals surface area contributed by atoms with Gasteiger partial charge in [0.05, 0.1) is 12.7 Å². The molecule has 2 heterocycles. The van der Waals surface area contributed by atoms with Crippen molar-refractivity contribution in [3.63, 3.8) is 0 Å². The number of likely N-dealkylation sites (tertiary alicyclic amines) is 1. The lowest BCUT2D eigenvalue weighted by Crippen LogP contribution is -2.50. The van der Waals surface area contributed by atoms with Gasteiger partial charge in [0, 0.05) is 38.3 Å². The number of hydrogen-bond donors (Lipinski definition) is 1. The van der Waals surface area contributed by atoms with Crippen molar-refractivity contribution in [3.8, 4) is 0 Å². The first-order valence-corrected chi connectivity index (χ1v) is 8.47. The first kappa shape index (κ1) is 16.2. The largest absolute Gasteiger partial charge is 0.374 e. The minimum absolute atomic E-state index is 0.361. The lowest BCUT2D eigenvalue weighted by molar-refractivity contribution is -0.0375. The molecule has 2 fully saturated rings. The number of piperidine rings is 1. The Balaban J connectivity index is 1.62. The molecular weight excluding hydrogens is 250 g/mol. The van der Waals surface area contributed by atoms with E-state index in [1.807, 2.05) is 0 Å². The van der Waals surface area contributed by atoms with Crippen LogP contribution in [-0.4, -0.2) is 73.9 Å². The Morgan fingerprint density at radius 1 is 1.05 bits per heavy atom. The maximum absolute atomic E-state index is 5.87. The summed E-state index contributed by atoms with van der Waals surface area (Å²) in [5.74, 6) is 0. The smallest absolute Gasteiger partial charge is 0.0826 e. The molecule has 0 aliphatic carbocycles. The number of nitrogens with one attached hydrogen (secondary N) is 1. The predicted octanol–water partition coefficient (Wildman–Crippen LogP) is 1.56. The molecule has 0 spiro atoms. The molecule has 20 heavy (non-hydrogen) atoms. The summed E-state index contributed by atoms with van der Waals surface area (Å²) in [6, 6.07) is 1.29. The molecule has 0 saturated carbocycles. The summed E-state index contributed by atoms with van der Waals surface area (Å²) in [6.45, 7) is 14.6. The van der Waals surface area contributed by atoms with Gasteiger partial charge in [-0.1, -0.05) is 6.42 Å². The Kier molecular flexibility index (Phi) is 6.75. The highest BCUT2D eigenvalue weighted by atomic mass is 16.5. The van der Waals surface area contributed by atoms with Gasteiger partial charge in [0.15, 0.2) is 0 Å². The fourth-order valence-electron chi connectivity index (χ4n) is 3.28. The van der Waals surface area contributed by atoms with Crippen LogP contribution >= 0.6 is 0 Å². The summed E-state index contributed by atoms with van der Waals surface area (Å²) in [5.41, 5.74) is 0. The maximum Gasteiger partial charge on any atom is 0.0826 e. The Morgan fingerprint density at radius 2 is 1.80 bits per heavy atom. The van der Waals surface area contributed by atoms with Gasteiger partial charge < -0.3 is 10.1 Å². The van der Waals surface area contributed by atoms with E-state index in [4.69, 9.17) is 4.74 Å². The molecule has 0 aromatic carbocycles. The molecule has 1 N–H and O–H groups in total. The molecule has 2 saturated heterocycles. The zero-order valence-electron chi connectivity index (χ0n) is 13.6. The van der Waals surface area contributed by atoms with Crippen molar-refractivity contribution in [2.24, 2.45) is 0 Å². The number of ether oxygens (including phenoxy) is 1. The van der Waals surface area contributed by atoms with Crippen LogP contribution < -0.4 is 5.32 Å². The van der Waals surface area contributed by atoms with E-state index < -0.39 is 0 Å². The number of rotatable bonds is 6. The topological polar surface area (TPSA) is 27.7 Å². The molecule has 0 aromatic heterocycles. The summed E-state index contributed by atoms with van der Waals surface area (Å²) in [6.07, 6.45) is 4.52. The van der Waals surface area contributed by atoms with Gasteiger partial charge >= 0.3 is 0 Å². The Morgan fingerprint density at radius 3 is 2.50 bits per heavy atom. The third-order valence-electron chi connectivity index (χ3n) is 4.73. The van der Waals surface area contributed by atoms with Crippen LogP contribution in [0.15, 0.2) is 0 Å². The summed E-state index contributed by atoms with van der Waals surface area (Å²) < 4.78 is 5.87. The molecule has 0 radical (unpaired) electrons. The quantitative estimate of drug-likeness (QED) is 0.801. The van der Waals surface area contributed by atoms with E-state index in [0.717, 1.165) is 32.8 Å². The van der Waals surface area contributed by atoms with Gasteiger partial charge in [-0.3, -0.25) is 9.80 Å². The van der Waals surface area contributed by atoms with Gasteiger partial charge in [-0.05, 0) is 46.7 Å². The number of hydrogen-bond acceptors (Lipinski definition) is 4. The van der Waals surface area contributed by atoms with Gasteiger partial charge in [0.2, 0.25) is 0 Å². The molecule has 2 rings (SSSR count). The highest BCUT2D eigenvalue weighted by molar-refractivity contribution is 4.78. The van der Waals surface area contributed by atoms with Crippen molar-refractivity contribution in [3.05, 3.63) is 0 Å². The fraction of sp³-hybridized carbons (Fsp3) is 1.00. The highest BCUT2D eigenvalue weighted by Crippen LogP contribution is 2.12. The average Bonchev–Trinajstić information content (AvgIpc) is 2.48. The molecule has 0 amide bonds. The molecule has 2 aliphatic rings. The number of morpholine rings is 1. The minimum Gasteiger partial charge on any atom is -0.374 e. The normalized spacial score (nSPS) is 27.9. The van der Waals surface area contributed by atoms with E-state index in [1.54, 1.807) is 0 Å². The highest BCUT2D eigenvalue weighted by Gasteiger charge is 2.22. The van der Waals surface area contributed by atoms with E-state index >= 15 is 0 Å². The Hall–Kier alpha value is -0.160. The first-order chi connectivity index (χ1) is 9.66. The predicted molar refractivity (Wildman–Crippen MR) is 84.2 cm³/mol. The molecule has 2 atom stereocenters. The van der Waals surface area contributed by atoms with Crippen molar-refractivity contribution in [2.75, 3.05) is 45.9 Å². The standard InChI is InChI=1S/C16H33N3O/c1-14(2)19-9-10-20-16(13-19)12-17-11-15(3)18-7-5-4-6-8-18/h14-17H,4-13H2,1-3H3. The van der Waals surface area contributed by atoms with Crippen LogP contribution in [0.3, 0.4) is 0 Å². The first-order valence-electron chi connectivity index (χ1n) is 8.47. The van der Waals surface area contributed by atoms with Crippen LogP contribution in [0.2, 0.25) is 0 Å². The second-order valence-corrected chi connectivity index (χ2v) is 6.69. The fourth-order valence-corrected chi connectivity index (χ4v) is 3.28. The van der Waals surface area contributed by atoms with Crippen LogP contribution in [-0.2, 0) is 4.74 Å². The third-order valence-corrected chi connectivity index (χ3v) is 4.73. The second-order valence-electron chi connectivity index (χ2n) is 6.69. The van der Waals surface area contributed by atoms with Gasteiger partial charge in [0.25, 0.3) is 0 Å². The molecular formula is C16H33N3O. The van der Waals surface area contributed by atoms with E-state index in [9.17, 15) is 0 Å². The minimum atomic E-state index is 0.361. The lowest BCUT2D eigenvalue weighted by Gasteiger charge is -2.36. The van der Waals surface area contributed by atoms with E-state index in [1.165, 1.54) is 32.4 Å². The van der Waals surface area contributed by atoms with Crippen LogP contribution in [0.4, 0.5) is 0 Å². The molecule has 4 nitrogen and oxygen atoms in total. The molecule has 4 heteroatoms. The maximum atomic E-state index is 5.87. The summed E-state index contributed by atoms with van der Waals surface area (Å²) in [7, 11) is 0. The van der Waals surface area contributed by atoms with E-state index in [0.29, 0.717) is 18.2 Å². The number of nitrogens with zero attached hydrogens (tertiary/aromatic N) is 2. The van der Waals surface area contributed by atoms with Crippen molar-refractivity contribution >= 4 is 0 Å². The second kappa shape index (κ2) is 8.32. The van der Waals surface area contributed by atoms with Gasteiger partial charge in [-0.15, -0.1) is 0 Å². The summed E-state index contributed by atoms with van der Waals surface area (Å²) >= 11 is 0. The van der Waals surface area contributed by atoms with Crippen LogP contribution in [0.5, 0.6) is 0 Å². The van der Waals surface area contributed by atoms with Crippen molar-refractivity contribution < 1.29 is 4.74 Å². The molecule has 2 aliphatic heterocycles. The summed E-state index contributed by atoms with van der Waals surface area (Å²) in [4.78, 5) is 5.14. The molecule has 118 valence electrons. The van der Waals surface area contributed by atoms with Gasteiger partial charge in [-0.25, -0.2) is 0 Å². The molecule has 0 bridgehead atoms. The van der Waals surface area contributed by atoms with Gasteiger partial charge in [0.1, 0.15) is 0 Å². The average molecular weight is 283 g/mol. The molecule has 0 aromatic rings. The van der Waals surface area contributed by atoms with E-state index in [-0.39, 0.29) is 0 Å². The summed E-state index contributed by atoms with van der Waals surface area (Å²) in [5, 5.41) is 3.62. The molecule has 2 unspecified atom stereocenters. The van der Waals surface area contributed by atoms with Crippen LogP contribution in [0.25, 0.3) is 0 Å². The van der Waals surface area contributed by atoms with Gasteiger partial charge in [-0.2, -0.15) is 0 Å². The lowest BCUT2D eigenvalue weighted by atomic mass is 10.1. The Bertz CT molecular complexity index is 266. The van der Waals surface area contributed by atoms with Crippen molar-refractivity contribution in [1.29, 1.82) is 0 Å². The van der Waals surface area contributed by atoms with Crippen LogP contribution in [0.1, 0.15) is 40.0 Å². The third kappa shape index (κ3) is 4.99. The SMILES string of the molecule is CC(C)N1CCOC(CNCC(C)N2CCCCC2)C1. The zero-order chi connectivity index (χ0) is 14.4. The van der Waals surface area contributed by atoms with Crippen LogP contribution in [0, 0.1) is 0 Å².